The summed E-state index contributed by atoms with van der Waals surface area (Å²) in [5, 5.41) is 8.85. The van der Waals surface area contributed by atoms with Crippen LogP contribution in [0, 0.1) is 0 Å². The zero-order valence-electron chi connectivity index (χ0n) is 13.4. The number of hydrogen-bond acceptors (Lipinski definition) is 5. The van der Waals surface area contributed by atoms with E-state index in [0.29, 0.717) is 18.9 Å². The van der Waals surface area contributed by atoms with Gasteiger partial charge in [0.15, 0.2) is 5.75 Å². The summed E-state index contributed by atoms with van der Waals surface area (Å²) >= 11 is 1.37. The van der Waals surface area contributed by atoms with Crippen molar-refractivity contribution in [1.82, 2.24) is 9.71 Å². The molecule has 24 heavy (non-hydrogen) atoms. The van der Waals surface area contributed by atoms with Gasteiger partial charge in [-0.15, -0.1) is 0 Å². The Bertz CT molecular complexity index is 728. The maximum Gasteiger partial charge on any atom is 0.335 e. The molecule has 0 atom stereocenters. The summed E-state index contributed by atoms with van der Waals surface area (Å²) in [5.41, 5.74) is 0.859. The van der Waals surface area contributed by atoms with Gasteiger partial charge in [-0.2, -0.15) is 0 Å². The lowest BCUT2D eigenvalue weighted by Crippen LogP contribution is -2.13. The average molecular weight is 348 g/mol. The number of aromatic carboxylic acids is 1. The largest absolute Gasteiger partial charge is 0.488 e. The van der Waals surface area contributed by atoms with Gasteiger partial charge in [0.2, 0.25) is 5.43 Å². The molecule has 2 rings (SSSR count). The predicted octanol–water partition coefficient (Wildman–Crippen LogP) is 3.05. The number of ether oxygens (including phenoxy) is 1. The maximum absolute atomic E-state index is 11.9. The number of benzene rings is 1. The van der Waals surface area contributed by atoms with E-state index in [4.69, 9.17) is 9.84 Å². The predicted molar refractivity (Wildman–Crippen MR) is 93.6 cm³/mol. The molecule has 7 heteroatoms. The minimum Gasteiger partial charge on any atom is -0.488 e. The highest BCUT2D eigenvalue weighted by atomic mass is 32.2. The fraction of sp³-hybridized carbons (Fsp3) is 0.294. The standard InChI is InChI=1S/C17H20N2O4S/c1-2-3-8-23-16-11-18-13(9-15(16)20)10-19-24-14-6-4-12(5-7-14)17(21)22/h4-7,9,11,19H,2-3,8,10H2,1H3,(H,18,20)(H,21,22). The van der Waals surface area contributed by atoms with Crippen molar-refractivity contribution in [2.24, 2.45) is 0 Å². The average Bonchev–Trinajstić information content (AvgIpc) is 2.57. The van der Waals surface area contributed by atoms with Crippen molar-refractivity contribution in [1.29, 1.82) is 0 Å². The van der Waals surface area contributed by atoms with Crippen LogP contribution in [-0.2, 0) is 6.54 Å². The van der Waals surface area contributed by atoms with Gasteiger partial charge in [-0.3, -0.25) is 9.52 Å². The van der Waals surface area contributed by atoms with Crippen molar-refractivity contribution in [2.45, 2.75) is 31.2 Å². The van der Waals surface area contributed by atoms with Crippen LogP contribution < -0.4 is 14.9 Å². The molecule has 0 saturated heterocycles. The molecule has 2 aromatic rings. The number of aromatic amines is 1. The van der Waals surface area contributed by atoms with Crippen molar-refractivity contribution in [3.8, 4) is 5.75 Å². The SMILES string of the molecule is CCCCOc1c[nH]c(CNSc2ccc(C(=O)O)cc2)cc1=O. The second kappa shape index (κ2) is 9.14. The Kier molecular flexibility index (Phi) is 6.89. The summed E-state index contributed by atoms with van der Waals surface area (Å²) in [7, 11) is 0. The molecular weight excluding hydrogens is 328 g/mol. The summed E-state index contributed by atoms with van der Waals surface area (Å²) in [5.74, 6) is -0.609. The Hall–Kier alpha value is -2.25. The number of carbonyl (C=O) groups is 1. The first-order valence-electron chi connectivity index (χ1n) is 7.67. The Morgan fingerprint density at radius 3 is 2.71 bits per heavy atom. The van der Waals surface area contributed by atoms with E-state index in [-0.39, 0.29) is 11.0 Å². The number of H-pyrrole nitrogens is 1. The van der Waals surface area contributed by atoms with Crippen molar-refractivity contribution >= 4 is 17.9 Å². The van der Waals surface area contributed by atoms with Crippen molar-refractivity contribution in [3.63, 3.8) is 0 Å². The first-order chi connectivity index (χ1) is 11.6. The number of carboxylic acid groups (broad SMARTS) is 1. The van der Waals surface area contributed by atoms with Crippen molar-refractivity contribution in [3.05, 3.63) is 58.0 Å². The zero-order chi connectivity index (χ0) is 17.4. The molecule has 1 aromatic carbocycles. The van der Waals surface area contributed by atoms with E-state index >= 15 is 0 Å². The molecule has 1 heterocycles. The summed E-state index contributed by atoms with van der Waals surface area (Å²) in [6.07, 6.45) is 3.52. The molecule has 6 nitrogen and oxygen atoms in total. The highest BCUT2D eigenvalue weighted by Gasteiger charge is 2.04. The zero-order valence-corrected chi connectivity index (χ0v) is 14.2. The molecule has 0 unspecified atom stereocenters. The molecule has 3 N–H and O–H groups in total. The van der Waals surface area contributed by atoms with Gasteiger partial charge < -0.3 is 14.8 Å². The molecule has 0 spiro atoms. The fourth-order valence-corrected chi connectivity index (χ4v) is 2.57. The molecule has 1 aromatic heterocycles. The Labute approximate surface area is 144 Å². The van der Waals surface area contributed by atoms with E-state index in [1.807, 2.05) is 0 Å². The Morgan fingerprint density at radius 2 is 2.08 bits per heavy atom. The number of carboxylic acids is 1. The number of hydrogen-bond donors (Lipinski definition) is 3. The van der Waals surface area contributed by atoms with Crippen molar-refractivity contribution in [2.75, 3.05) is 6.61 Å². The Balaban J connectivity index is 1.84. The normalized spacial score (nSPS) is 10.5. The van der Waals surface area contributed by atoms with Gasteiger partial charge in [0.1, 0.15) is 0 Å². The quantitative estimate of drug-likeness (QED) is 0.476. The molecule has 128 valence electrons. The molecular formula is C17H20N2O4S. The second-order valence-corrected chi connectivity index (χ2v) is 6.11. The minimum absolute atomic E-state index is 0.141. The van der Waals surface area contributed by atoms with Gasteiger partial charge in [-0.25, -0.2) is 4.79 Å². The van der Waals surface area contributed by atoms with Crippen LogP contribution in [0.4, 0.5) is 0 Å². The monoisotopic (exact) mass is 348 g/mol. The van der Waals surface area contributed by atoms with E-state index < -0.39 is 5.97 Å². The van der Waals surface area contributed by atoms with Crippen LogP contribution in [0.2, 0.25) is 0 Å². The summed E-state index contributed by atoms with van der Waals surface area (Å²) < 4.78 is 8.54. The summed E-state index contributed by atoms with van der Waals surface area (Å²) in [4.78, 5) is 26.6. The van der Waals surface area contributed by atoms with Crippen LogP contribution in [0.25, 0.3) is 0 Å². The molecule has 0 aliphatic rings. The number of nitrogens with one attached hydrogen (secondary N) is 2. The lowest BCUT2D eigenvalue weighted by Gasteiger charge is -2.07. The van der Waals surface area contributed by atoms with Crippen LogP contribution in [0.3, 0.4) is 0 Å². The summed E-state index contributed by atoms with van der Waals surface area (Å²) in [6.45, 7) is 3.07. The number of pyridine rings is 1. The smallest absolute Gasteiger partial charge is 0.335 e. The van der Waals surface area contributed by atoms with Crippen LogP contribution in [0.15, 0.2) is 46.2 Å². The topological polar surface area (TPSA) is 91.4 Å². The number of rotatable bonds is 9. The van der Waals surface area contributed by atoms with Gasteiger partial charge in [0.05, 0.1) is 12.2 Å². The lowest BCUT2D eigenvalue weighted by molar-refractivity contribution is 0.0697. The molecule has 0 bridgehead atoms. The molecule has 0 fully saturated rings. The maximum atomic E-state index is 11.9. The van der Waals surface area contributed by atoms with Crippen LogP contribution in [0.5, 0.6) is 5.75 Å². The first kappa shape index (κ1) is 18.1. The number of aromatic nitrogens is 1. The molecule has 0 amide bonds. The van der Waals surface area contributed by atoms with Gasteiger partial charge >= 0.3 is 5.97 Å². The van der Waals surface area contributed by atoms with Gasteiger partial charge in [-0.05, 0) is 42.6 Å². The third-order valence-corrected chi connectivity index (χ3v) is 4.04. The van der Waals surface area contributed by atoms with Crippen LogP contribution in [0.1, 0.15) is 35.8 Å². The minimum atomic E-state index is -0.946. The van der Waals surface area contributed by atoms with E-state index in [9.17, 15) is 9.59 Å². The number of unbranched alkanes of at least 4 members (excludes halogenated alkanes) is 1. The van der Waals surface area contributed by atoms with E-state index in [2.05, 4.69) is 16.6 Å². The van der Waals surface area contributed by atoms with E-state index in [1.54, 1.807) is 30.5 Å². The highest BCUT2D eigenvalue weighted by molar-refractivity contribution is 7.97. The highest BCUT2D eigenvalue weighted by Crippen LogP contribution is 2.16. The van der Waals surface area contributed by atoms with E-state index in [1.165, 1.54) is 18.0 Å². The van der Waals surface area contributed by atoms with Crippen LogP contribution in [-0.4, -0.2) is 22.7 Å². The van der Waals surface area contributed by atoms with E-state index in [0.717, 1.165) is 23.4 Å². The lowest BCUT2D eigenvalue weighted by atomic mass is 10.2. The van der Waals surface area contributed by atoms with Gasteiger partial charge in [-0.1, -0.05) is 13.3 Å². The van der Waals surface area contributed by atoms with Crippen LogP contribution >= 0.6 is 11.9 Å². The Morgan fingerprint density at radius 1 is 1.33 bits per heavy atom. The molecule has 0 aliphatic carbocycles. The first-order valence-corrected chi connectivity index (χ1v) is 8.49. The molecule has 0 radical (unpaired) electrons. The van der Waals surface area contributed by atoms with Gasteiger partial charge in [0, 0.05) is 29.4 Å². The van der Waals surface area contributed by atoms with Crippen molar-refractivity contribution < 1.29 is 14.6 Å². The third-order valence-electron chi connectivity index (χ3n) is 3.25. The summed E-state index contributed by atoms with van der Waals surface area (Å²) in [6, 6.07) is 8.08. The molecule has 0 saturated carbocycles. The fourth-order valence-electron chi connectivity index (χ4n) is 1.90. The third kappa shape index (κ3) is 5.43. The second-order valence-electron chi connectivity index (χ2n) is 5.14. The molecule has 0 aliphatic heterocycles. The van der Waals surface area contributed by atoms with Gasteiger partial charge in [0.25, 0.3) is 0 Å².